The Morgan fingerprint density at radius 3 is 2.50 bits per heavy atom. The topological polar surface area (TPSA) is 37.8 Å². The quantitative estimate of drug-likeness (QED) is 0.895. The van der Waals surface area contributed by atoms with Crippen LogP contribution in [0.15, 0.2) is 24.3 Å². The van der Waals surface area contributed by atoms with Crippen molar-refractivity contribution in [3.05, 3.63) is 41.1 Å². The number of rotatable bonds is 3. The molecule has 0 atom stereocenters. The minimum absolute atomic E-state index is 0.805. The molecule has 0 aliphatic heterocycles. The molecule has 0 saturated carbocycles. The molecular formula is C15H19N3. The van der Waals surface area contributed by atoms with Crippen molar-refractivity contribution in [3.8, 4) is 11.4 Å². The van der Waals surface area contributed by atoms with Gasteiger partial charge in [-0.3, -0.25) is 0 Å². The molecular weight excluding hydrogens is 222 g/mol. The molecule has 3 nitrogen and oxygen atoms in total. The standard InChI is InChI=1S/C15H19N3/c1-5-12-8-6-7-9-13(12)15-17-11(3)10(2)14(16-4)18-15/h6-9H,5H2,1-4H3,(H,16,17,18). The Balaban J connectivity index is 2.61. The number of aromatic nitrogens is 2. The first-order chi connectivity index (χ1) is 8.67. The van der Waals surface area contributed by atoms with Crippen molar-refractivity contribution >= 4 is 5.82 Å². The van der Waals surface area contributed by atoms with Gasteiger partial charge in [0.15, 0.2) is 5.82 Å². The average Bonchev–Trinajstić information content (AvgIpc) is 2.41. The van der Waals surface area contributed by atoms with Crippen molar-refractivity contribution in [1.82, 2.24) is 9.97 Å². The van der Waals surface area contributed by atoms with E-state index >= 15 is 0 Å². The summed E-state index contributed by atoms with van der Waals surface area (Å²) >= 11 is 0. The third kappa shape index (κ3) is 2.21. The smallest absolute Gasteiger partial charge is 0.162 e. The molecule has 1 aromatic heterocycles. The minimum atomic E-state index is 0.805. The summed E-state index contributed by atoms with van der Waals surface area (Å²) in [7, 11) is 1.89. The van der Waals surface area contributed by atoms with Gasteiger partial charge in [0.1, 0.15) is 5.82 Å². The van der Waals surface area contributed by atoms with Crippen LogP contribution in [-0.2, 0) is 6.42 Å². The van der Waals surface area contributed by atoms with E-state index in [4.69, 9.17) is 0 Å². The fraction of sp³-hybridized carbons (Fsp3) is 0.333. The molecule has 0 unspecified atom stereocenters. The maximum atomic E-state index is 4.61. The molecule has 18 heavy (non-hydrogen) atoms. The Kier molecular flexibility index (Phi) is 3.60. The van der Waals surface area contributed by atoms with Gasteiger partial charge in [0.2, 0.25) is 0 Å². The molecule has 94 valence electrons. The lowest BCUT2D eigenvalue weighted by Gasteiger charge is -2.11. The van der Waals surface area contributed by atoms with E-state index in [1.807, 2.05) is 27.0 Å². The van der Waals surface area contributed by atoms with Crippen LogP contribution < -0.4 is 5.32 Å². The second kappa shape index (κ2) is 5.17. The number of anilines is 1. The summed E-state index contributed by atoms with van der Waals surface area (Å²) < 4.78 is 0. The van der Waals surface area contributed by atoms with Gasteiger partial charge in [-0.05, 0) is 25.8 Å². The maximum absolute atomic E-state index is 4.61. The van der Waals surface area contributed by atoms with Gasteiger partial charge in [0, 0.05) is 23.9 Å². The second-order valence-corrected chi connectivity index (χ2v) is 4.37. The monoisotopic (exact) mass is 241 g/mol. The van der Waals surface area contributed by atoms with Crippen molar-refractivity contribution in [2.24, 2.45) is 0 Å². The van der Waals surface area contributed by atoms with Crippen LogP contribution in [0.1, 0.15) is 23.7 Å². The maximum Gasteiger partial charge on any atom is 0.162 e. The minimum Gasteiger partial charge on any atom is -0.373 e. The van der Waals surface area contributed by atoms with Gasteiger partial charge in [0.25, 0.3) is 0 Å². The number of hydrogen-bond donors (Lipinski definition) is 1. The fourth-order valence-corrected chi connectivity index (χ4v) is 2.04. The van der Waals surface area contributed by atoms with Gasteiger partial charge in [-0.25, -0.2) is 9.97 Å². The summed E-state index contributed by atoms with van der Waals surface area (Å²) in [5.74, 6) is 1.71. The normalized spacial score (nSPS) is 10.4. The van der Waals surface area contributed by atoms with Crippen molar-refractivity contribution in [2.75, 3.05) is 12.4 Å². The van der Waals surface area contributed by atoms with E-state index in [-0.39, 0.29) is 0 Å². The van der Waals surface area contributed by atoms with E-state index in [9.17, 15) is 0 Å². The molecule has 0 radical (unpaired) electrons. The van der Waals surface area contributed by atoms with Crippen LogP contribution in [0.25, 0.3) is 11.4 Å². The Morgan fingerprint density at radius 2 is 1.83 bits per heavy atom. The predicted molar refractivity (Wildman–Crippen MR) is 75.9 cm³/mol. The number of aryl methyl sites for hydroxylation is 2. The Bertz CT molecular complexity index is 562. The predicted octanol–water partition coefficient (Wildman–Crippen LogP) is 3.36. The molecule has 1 N–H and O–H groups in total. The van der Waals surface area contributed by atoms with Gasteiger partial charge in [-0.2, -0.15) is 0 Å². The van der Waals surface area contributed by atoms with Crippen LogP contribution in [0.2, 0.25) is 0 Å². The average molecular weight is 241 g/mol. The van der Waals surface area contributed by atoms with Crippen LogP contribution >= 0.6 is 0 Å². The lowest BCUT2D eigenvalue weighted by atomic mass is 10.0. The van der Waals surface area contributed by atoms with Crippen LogP contribution in [0.3, 0.4) is 0 Å². The molecule has 0 spiro atoms. The van der Waals surface area contributed by atoms with E-state index in [2.05, 4.69) is 40.4 Å². The first-order valence-electron chi connectivity index (χ1n) is 6.28. The Hall–Kier alpha value is -1.90. The van der Waals surface area contributed by atoms with Crippen molar-refractivity contribution in [2.45, 2.75) is 27.2 Å². The molecule has 1 aromatic carbocycles. The summed E-state index contributed by atoms with van der Waals surface area (Å²) in [6.45, 7) is 6.21. The van der Waals surface area contributed by atoms with Gasteiger partial charge < -0.3 is 5.32 Å². The van der Waals surface area contributed by atoms with E-state index in [0.29, 0.717) is 0 Å². The number of nitrogens with one attached hydrogen (secondary N) is 1. The highest BCUT2D eigenvalue weighted by molar-refractivity contribution is 5.63. The molecule has 0 saturated heterocycles. The molecule has 0 aliphatic carbocycles. The van der Waals surface area contributed by atoms with Gasteiger partial charge >= 0.3 is 0 Å². The number of hydrogen-bond acceptors (Lipinski definition) is 3. The SMILES string of the molecule is CCc1ccccc1-c1nc(C)c(C)c(NC)n1. The highest BCUT2D eigenvalue weighted by Gasteiger charge is 2.10. The van der Waals surface area contributed by atoms with E-state index in [1.54, 1.807) is 0 Å². The zero-order valence-electron chi connectivity index (χ0n) is 11.4. The molecule has 0 fully saturated rings. The highest BCUT2D eigenvalue weighted by Crippen LogP contribution is 2.24. The van der Waals surface area contributed by atoms with Crippen LogP contribution in [0.5, 0.6) is 0 Å². The molecule has 2 rings (SSSR count). The highest BCUT2D eigenvalue weighted by atomic mass is 15.0. The van der Waals surface area contributed by atoms with Crippen molar-refractivity contribution in [1.29, 1.82) is 0 Å². The fourth-order valence-electron chi connectivity index (χ4n) is 2.04. The van der Waals surface area contributed by atoms with E-state index in [0.717, 1.165) is 34.9 Å². The van der Waals surface area contributed by atoms with Gasteiger partial charge in [-0.15, -0.1) is 0 Å². The van der Waals surface area contributed by atoms with E-state index in [1.165, 1.54) is 5.56 Å². The zero-order chi connectivity index (χ0) is 13.1. The van der Waals surface area contributed by atoms with Crippen LogP contribution in [0, 0.1) is 13.8 Å². The Morgan fingerprint density at radius 1 is 1.11 bits per heavy atom. The molecule has 3 heteroatoms. The zero-order valence-corrected chi connectivity index (χ0v) is 11.4. The lowest BCUT2D eigenvalue weighted by Crippen LogP contribution is -2.03. The summed E-state index contributed by atoms with van der Waals surface area (Å²) in [6, 6.07) is 8.31. The second-order valence-electron chi connectivity index (χ2n) is 4.37. The number of benzene rings is 1. The summed E-state index contributed by atoms with van der Waals surface area (Å²) in [5, 5.41) is 3.13. The third-order valence-electron chi connectivity index (χ3n) is 3.27. The summed E-state index contributed by atoms with van der Waals surface area (Å²) in [4.78, 5) is 9.22. The van der Waals surface area contributed by atoms with Crippen molar-refractivity contribution < 1.29 is 0 Å². The molecule has 0 amide bonds. The Labute approximate surface area is 108 Å². The van der Waals surface area contributed by atoms with E-state index < -0.39 is 0 Å². The lowest BCUT2D eigenvalue weighted by molar-refractivity contribution is 1.05. The molecule has 0 bridgehead atoms. The van der Waals surface area contributed by atoms with Crippen LogP contribution in [-0.4, -0.2) is 17.0 Å². The van der Waals surface area contributed by atoms with Crippen LogP contribution in [0.4, 0.5) is 5.82 Å². The van der Waals surface area contributed by atoms with Gasteiger partial charge in [0.05, 0.1) is 0 Å². The first kappa shape index (κ1) is 12.6. The molecule has 2 aromatic rings. The third-order valence-corrected chi connectivity index (χ3v) is 3.27. The van der Waals surface area contributed by atoms with Crippen molar-refractivity contribution in [3.63, 3.8) is 0 Å². The number of nitrogens with zero attached hydrogens (tertiary/aromatic N) is 2. The summed E-state index contributed by atoms with van der Waals surface area (Å²) in [5.41, 5.74) is 4.54. The molecule has 1 heterocycles. The summed E-state index contributed by atoms with van der Waals surface area (Å²) in [6.07, 6.45) is 0.987. The first-order valence-corrected chi connectivity index (χ1v) is 6.28. The molecule has 0 aliphatic rings. The largest absolute Gasteiger partial charge is 0.373 e. The van der Waals surface area contributed by atoms with Gasteiger partial charge in [-0.1, -0.05) is 31.2 Å².